The molecule has 0 saturated carbocycles. The first-order chi connectivity index (χ1) is 15.4. The monoisotopic (exact) mass is 495 g/mol. The van der Waals surface area contributed by atoms with Crippen LogP contribution in [0.2, 0.25) is 0 Å². The first-order valence-electron chi connectivity index (χ1n) is 10.7. The minimum atomic E-state index is -0.108. The summed E-state index contributed by atoms with van der Waals surface area (Å²) in [4.78, 5) is 31.9. The Hall–Kier alpha value is -3.00. The van der Waals surface area contributed by atoms with Crippen molar-refractivity contribution in [2.24, 2.45) is 13.0 Å². The van der Waals surface area contributed by atoms with Gasteiger partial charge in [0.15, 0.2) is 0 Å². The van der Waals surface area contributed by atoms with Gasteiger partial charge >= 0.3 is 0 Å². The summed E-state index contributed by atoms with van der Waals surface area (Å²) >= 11 is 3.49. The maximum atomic E-state index is 13.1. The molecule has 0 spiro atoms. The number of hydrogen-bond donors (Lipinski definition) is 1. The van der Waals surface area contributed by atoms with Crippen molar-refractivity contribution < 1.29 is 9.59 Å². The van der Waals surface area contributed by atoms with Crippen LogP contribution in [0.25, 0.3) is 11.3 Å². The molecule has 0 radical (unpaired) electrons. The second-order valence-electron chi connectivity index (χ2n) is 8.19. The summed E-state index contributed by atoms with van der Waals surface area (Å²) in [6, 6.07) is 11.7. The van der Waals surface area contributed by atoms with Crippen molar-refractivity contribution >= 4 is 27.7 Å². The van der Waals surface area contributed by atoms with Gasteiger partial charge in [-0.25, -0.2) is 0 Å². The van der Waals surface area contributed by atoms with E-state index in [0.717, 1.165) is 34.3 Å². The van der Waals surface area contributed by atoms with Gasteiger partial charge in [-0.1, -0.05) is 28.1 Å². The average Bonchev–Trinajstić information content (AvgIpc) is 3.24. The van der Waals surface area contributed by atoms with E-state index < -0.39 is 0 Å². The van der Waals surface area contributed by atoms with E-state index in [-0.39, 0.29) is 11.8 Å². The normalized spacial score (nSPS) is 14.4. The highest BCUT2D eigenvalue weighted by Gasteiger charge is 2.25. The van der Waals surface area contributed by atoms with Crippen molar-refractivity contribution in [2.45, 2.75) is 19.8 Å². The molecule has 1 saturated heterocycles. The molecule has 0 aliphatic carbocycles. The molecule has 3 aromatic rings. The van der Waals surface area contributed by atoms with Gasteiger partial charge < -0.3 is 10.2 Å². The lowest BCUT2D eigenvalue weighted by Gasteiger charge is -2.32. The zero-order valence-electron chi connectivity index (χ0n) is 18.2. The van der Waals surface area contributed by atoms with Crippen LogP contribution in [0.1, 0.15) is 39.3 Å². The lowest BCUT2D eigenvalue weighted by molar-refractivity contribution is 0.0683. The van der Waals surface area contributed by atoms with Gasteiger partial charge in [-0.2, -0.15) is 5.10 Å². The zero-order chi connectivity index (χ0) is 22.7. The maximum absolute atomic E-state index is 13.1. The van der Waals surface area contributed by atoms with E-state index in [1.807, 2.05) is 48.2 Å². The molecule has 1 fully saturated rings. The molecule has 7 nitrogen and oxygen atoms in total. The highest BCUT2D eigenvalue weighted by atomic mass is 79.9. The van der Waals surface area contributed by atoms with Crippen molar-refractivity contribution in [2.75, 3.05) is 19.6 Å². The predicted molar refractivity (Wildman–Crippen MR) is 126 cm³/mol. The molecule has 0 atom stereocenters. The number of pyridine rings is 1. The van der Waals surface area contributed by atoms with Gasteiger partial charge in [-0.3, -0.25) is 19.3 Å². The molecule has 3 heterocycles. The van der Waals surface area contributed by atoms with Gasteiger partial charge in [0.25, 0.3) is 11.8 Å². The molecule has 2 amide bonds. The second-order valence-corrected chi connectivity index (χ2v) is 9.10. The van der Waals surface area contributed by atoms with E-state index in [1.165, 1.54) is 0 Å². The third-order valence-electron chi connectivity index (χ3n) is 5.86. The van der Waals surface area contributed by atoms with E-state index in [9.17, 15) is 9.59 Å². The van der Waals surface area contributed by atoms with Crippen LogP contribution in [-0.4, -0.2) is 51.1 Å². The van der Waals surface area contributed by atoms with Crippen LogP contribution in [-0.2, 0) is 7.05 Å². The molecule has 2 aromatic heterocycles. The summed E-state index contributed by atoms with van der Waals surface area (Å²) < 4.78 is 2.61. The topological polar surface area (TPSA) is 80.1 Å². The number of nitrogens with zero attached hydrogens (tertiary/aromatic N) is 4. The molecule has 0 unspecified atom stereocenters. The van der Waals surface area contributed by atoms with E-state index in [1.54, 1.807) is 24.1 Å². The second kappa shape index (κ2) is 9.65. The van der Waals surface area contributed by atoms with Gasteiger partial charge in [0.1, 0.15) is 0 Å². The molecule has 0 bridgehead atoms. The molecule has 1 aliphatic heterocycles. The Balaban J connectivity index is 1.32. The van der Waals surface area contributed by atoms with Crippen LogP contribution < -0.4 is 5.32 Å². The predicted octanol–water partition coefficient (Wildman–Crippen LogP) is 3.84. The SMILES string of the molecule is Cc1nc(-c2cccc(Br)c2)ccc1C(=O)N1CCC(CNC(=O)c2cnn(C)c2)CC1. The Labute approximate surface area is 196 Å². The van der Waals surface area contributed by atoms with Crippen molar-refractivity contribution in [3.63, 3.8) is 0 Å². The standard InChI is InChI=1S/C24H26BrN5O2/c1-16-21(6-7-22(28-16)18-4-3-5-20(25)12-18)24(32)30-10-8-17(9-11-30)13-26-23(31)19-14-27-29(2)15-19/h3-7,12,14-15,17H,8-11,13H2,1-2H3,(H,26,31). The quantitative estimate of drug-likeness (QED) is 0.582. The number of benzene rings is 1. The van der Waals surface area contributed by atoms with Crippen LogP contribution in [0.15, 0.2) is 53.3 Å². The largest absolute Gasteiger partial charge is 0.352 e. The Kier molecular flexibility index (Phi) is 6.69. The molecule has 166 valence electrons. The fourth-order valence-electron chi connectivity index (χ4n) is 3.98. The van der Waals surface area contributed by atoms with Gasteiger partial charge in [0.2, 0.25) is 0 Å². The third kappa shape index (κ3) is 5.07. The minimum Gasteiger partial charge on any atom is -0.352 e. The highest BCUT2D eigenvalue weighted by molar-refractivity contribution is 9.10. The zero-order valence-corrected chi connectivity index (χ0v) is 19.8. The molecule has 1 aliphatic rings. The van der Waals surface area contributed by atoms with E-state index >= 15 is 0 Å². The minimum absolute atomic E-state index is 0.0219. The molecule has 32 heavy (non-hydrogen) atoms. The van der Waals surface area contributed by atoms with Gasteiger partial charge in [-0.15, -0.1) is 0 Å². The Morgan fingerprint density at radius 1 is 1.19 bits per heavy atom. The Morgan fingerprint density at radius 3 is 2.62 bits per heavy atom. The van der Waals surface area contributed by atoms with E-state index in [0.29, 0.717) is 36.7 Å². The molecule has 8 heteroatoms. The molecular formula is C24H26BrN5O2. The van der Waals surface area contributed by atoms with Crippen molar-refractivity contribution in [3.05, 3.63) is 70.1 Å². The number of aromatic nitrogens is 3. The van der Waals surface area contributed by atoms with Gasteiger partial charge in [0.05, 0.1) is 28.7 Å². The summed E-state index contributed by atoms with van der Waals surface area (Å²) in [6.45, 7) is 3.85. The fraction of sp³-hybridized carbons (Fsp3) is 0.333. The first-order valence-corrected chi connectivity index (χ1v) is 11.5. The number of carbonyl (C=O) groups is 2. The number of hydrogen-bond acceptors (Lipinski definition) is 4. The Morgan fingerprint density at radius 2 is 1.97 bits per heavy atom. The summed E-state index contributed by atoms with van der Waals surface area (Å²) in [5, 5.41) is 7.01. The third-order valence-corrected chi connectivity index (χ3v) is 6.35. The lowest BCUT2D eigenvalue weighted by Crippen LogP contribution is -2.41. The number of nitrogens with one attached hydrogen (secondary N) is 1. The molecular weight excluding hydrogens is 470 g/mol. The van der Waals surface area contributed by atoms with Crippen molar-refractivity contribution in [3.8, 4) is 11.3 Å². The summed E-state index contributed by atoms with van der Waals surface area (Å²) in [7, 11) is 1.79. The molecule has 1 N–H and O–H groups in total. The van der Waals surface area contributed by atoms with Crippen LogP contribution in [0.4, 0.5) is 0 Å². The average molecular weight is 496 g/mol. The van der Waals surface area contributed by atoms with Crippen molar-refractivity contribution in [1.29, 1.82) is 0 Å². The highest BCUT2D eigenvalue weighted by Crippen LogP contribution is 2.24. The van der Waals surface area contributed by atoms with Crippen LogP contribution >= 0.6 is 15.9 Å². The van der Waals surface area contributed by atoms with Crippen LogP contribution in [0.3, 0.4) is 0 Å². The van der Waals surface area contributed by atoms with Crippen LogP contribution in [0.5, 0.6) is 0 Å². The number of aryl methyl sites for hydroxylation is 2. The molecule has 1 aromatic carbocycles. The van der Waals surface area contributed by atoms with Gasteiger partial charge in [0, 0.05) is 42.9 Å². The maximum Gasteiger partial charge on any atom is 0.255 e. The first kappa shape index (κ1) is 22.2. The summed E-state index contributed by atoms with van der Waals surface area (Å²) in [5.74, 6) is 0.273. The summed E-state index contributed by atoms with van der Waals surface area (Å²) in [5.41, 5.74) is 3.80. The summed E-state index contributed by atoms with van der Waals surface area (Å²) in [6.07, 6.45) is 4.99. The number of amides is 2. The van der Waals surface area contributed by atoms with Crippen molar-refractivity contribution in [1.82, 2.24) is 25.0 Å². The Bertz CT molecular complexity index is 1130. The lowest BCUT2D eigenvalue weighted by atomic mass is 9.96. The number of likely N-dealkylation sites (tertiary alicyclic amines) is 1. The number of piperidine rings is 1. The van der Waals surface area contributed by atoms with E-state index in [2.05, 4.69) is 31.3 Å². The molecule has 4 rings (SSSR count). The number of halogens is 1. The van der Waals surface area contributed by atoms with Crippen LogP contribution in [0, 0.1) is 12.8 Å². The van der Waals surface area contributed by atoms with Gasteiger partial charge in [-0.05, 0) is 49.9 Å². The smallest absolute Gasteiger partial charge is 0.255 e. The number of carbonyl (C=O) groups excluding carboxylic acids is 2. The van der Waals surface area contributed by atoms with E-state index in [4.69, 9.17) is 0 Å². The number of rotatable bonds is 5. The fourth-order valence-corrected chi connectivity index (χ4v) is 4.38.